The molecule has 0 saturated heterocycles. The first-order valence-electron chi connectivity index (χ1n) is 10.7. The molecule has 0 aromatic heterocycles. The Morgan fingerprint density at radius 2 is 1.45 bits per heavy atom. The second-order valence-corrected chi connectivity index (χ2v) is 7.25. The Hall–Kier alpha value is -3.60. The number of para-hydroxylation sites is 1. The maximum atomic E-state index is 12.9. The van der Waals surface area contributed by atoms with Gasteiger partial charge in [-0.05, 0) is 55.3 Å². The minimum Gasteiger partial charge on any atom is -0.376 e. The third-order valence-corrected chi connectivity index (χ3v) is 5.16. The molecular weight excluding hydrogens is 386 g/mol. The molecule has 5 heteroatoms. The van der Waals surface area contributed by atoms with Gasteiger partial charge in [0.2, 0.25) is 5.91 Å². The summed E-state index contributed by atoms with van der Waals surface area (Å²) >= 11 is 0. The van der Waals surface area contributed by atoms with Gasteiger partial charge in [0, 0.05) is 23.5 Å². The van der Waals surface area contributed by atoms with Crippen molar-refractivity contribution in [2.75, 3.05) is 23.3 Å². The average Bonchev–Trinajstić information content (AvgIpc) is 2.83. The van der Waals surface area contributed by atoms with Gasteiger partial charge in [-0.2, -0.15) is 0 Å². The van der Waals surface area contributed by atoms with Crippen LogP contribution in [0.4, 0.5) is 11.4 Å². The van der Waals surface area contributed by atoms with Gasteiger partial charge in [-0.15, -0.1) is 0 Å². The number of nitrogens with zero attached hydrogens (tertiary/aromatic N) is 1. The minimum absolute atomic E-state index is 0.00601. The van der Waals surface area contributed by atoms with Crippen LogP contribution in [0.5, 0.6) is 0 Å². The van der Waals surface area contributed by atoms with Crippen molar-refractivity contribution in [2.24, 2.45) is 0 Å². The van der Waals surface area contributed by atoms with E-state index >= 15 is 0 Å². The lowest BCUT2D eigenvalue weighted by atomic mass is 10.0. The van der Waals surface area contributed by atoms with E-state index in [1.807, 2.05) is 79.7 Å². The molecule has 0 aliphatic carbocycles. The van der Waals surface area contributed by atoms with Crippen LogP contribution in [0.15, 0.2) is 84.9 Å². The molecule has 2 N–H and O–H groups in total. The Balaban J connectivity index is 1.56. The summed E-state index contributed by atoms with van der Waals surface area (Å²) in [6.45, 7) is 4.76. The van der Waals surface area contributed by atoms with Crippen LogP contribution in [0.25, 0.3) is 0 Å². The van der Waals surface area contributed by atoms with Crippen molar-refractivity contribution in [1.82, 2.24) is 5.32 Å². The molecule has 160 valence electrons. The highest BCUT2D eigenvalue weighted by Crippen LogP contribution is 2.18. The second kappa shape index (κ2) is 11.0. The van der Waals surface area contributed by atoms with E-state index in [0.717, 1.165) is 23.4 Å². The summed E-state index contributed by atoms with van der Waals surface area (Å²) in [6, 6.07) is 26.8. The quantitative estimate of drug-likeness (QED) is 0.515. The van der Waals surface area contributed by atoms with Gasteiger partial charge < -0.3 is 15.5 Å². The monoisotopic (exact) mass is 415 g/mol. The number of rotatable bonds is 9. The van der Waals surface area contributed by atoms with Gasteiger partial charge in [-0.1, -0.05) is 55.5 Å². The summed E-state index contributed by atoms with van der Waals surface area (Å²) < 4.78 is 0. The van der Waals surface area contributed by atoms with Gasteiger partial charge >= 0.3 is 0 Å². The molecule has 3 aromatic carbocycles. The number of amides is 2. The third kappa shape index (κ3) is 5.95. The van der Waals surface area contributed by atoms with Crippen LogP contribution in [-0.4, -0.2) is 24.9 Å². The van der Waals surface area contributed by atoms with Crippen molar-refractivity contribution in [3.05, 3.63) is 96.1 Å². The number of nitrogens with one attached hydrogen (secondary N) is 2. The molecule has 0 spiro atoms. The van der Waals surface area contributed by atoms with Crippen LogP contribution in [0.2, 0.25) is 0 Å². The Labute approximate surface area is 184 Å². The molecule has 0 aliphatic rings. The summed E-state index contributed by atoms with van der Waals surface area (Å²) in [7, 11) is 0. The van der Waals surface area contributed by atoms with E-state index in [4.69, 9.17) is 0 Å². The lowest BCUT2D eigenvalue weighted by Gasteiger charge is -2.21. The fourth-order valence-corrected chi connectivity index (χ4v) is 3.47. The molecule has 0 radical (unpaired) electrons. The van der Waals surface area contributed by atoms with Gasteiger partial charge in [0.15, 0.2) is 0 Å². The largest absolute Gasteiger partial charge is 0.376 e. The molecule has 3 rings (SSSR count). The third-order valence-electron chi connectivity index (χ3n) is 5.16. The zero-order chi connectivity index (χ0) is 22.1. The van der Waals surface area contributed by atoms with Crippen LogP contribution in [-0.2, 0) is 4.79 Å². The van der Waals surface area contributed by atoms with Crippen LogP contribution < -0.4 is 15.5 Å². The average molecular weight is 416 g/mol. The topological polar surface area (TPSA) is 61.4 Å². The first-order chi connectivity index (χ1) is 15.1. The van der Waals surface area contributed by atoms with E-state index in [2.05, 4.69) is 17.6 Å². The summed E-state index contributed by atoms with van der Waals surface area (Å²) in [5.41, 5.74) is 3.37. The van der Waals surface area contributed by atoms with E-state index in [-0.39, 0.29) is 24.4 Å². The van der Waals surface area contributed by atoms with Gasteiger partial charge in [-0.25, -0.2) is 0 Å². The highest BCUT2D eigenvalue weighted by atomic mass is 16.2. The van der Waals surface area contributed by atoms with Crippen LogP contribution in [0.3, 0.4) is 0 Å². The number of hydrogen-bond donors (Lipinski definition) is 2. The Morgan fingerprint density at radius 3 is 2.03 bits per heavy atom. The van der Waals surface area contributed by atoms with Crippen molar-refractivity contribution in [3.8, 4) is 0 Å². The van der Waals surface area contributed by atoms with Crippen LogP contribution in [0.1, 0.15) is 42.2 Å². The number of benzene rings is 3. The number of anilines is 2. The molecule has 2 amide bonds. The maximum Gasteiger partial charge on any atom is 0.258 e. The first-order valence-corrected chi connectivity index (χ1v) is 10.7. The van der Waals surface area contributed by atoms with Crippen molar-refractivity contribution in [3.63, 3.8) is 0 Å². The molecule has 1 unspecified atom stereocenters. The van der Waals surface area contributed by atoms with Gasteiger partial charge in [-0.3, -0.25) is 9.59 Å². The Morgan fingerprint density at radius 1 is 0.839 bits per heavy atom. The van der Waals surface area contributed by atoms with E-state index in [1.165, 1.54) is 0 Å². The van der Waals surface area contributed by atoms with Crippen molar-refractivity contribution in [1.29, 1.82) is 0 Å². The summed E-state index contributed by atoms with van der Waals surface area (Å²) in [6.07, 6.45) is 0.821. The molecule has 0 heterocycles. The minimum atomic E-state index is -0.0721. The highest BCUT2D eigenvalue weighted by Gasteiger charge is 2.16. The predicted molar refractivity (Wildman–Crippen MR) is 126 cm³/mol. The smallest absolute Gasteiger partial charge is 0.258 e. The normalized spacial score (nSPS) is 11.4. The van der Waals surface area contributed by atoms with Gasteiger partial charge in [0.25, 0.3) is 5.91 Å². The fraction of sp³-hybridized carbons (Fsp3) is 0.231. The van der Waals surface area contributed by atoms with Crippen LogP contribution in [0, 0.1) is 0 Å². The SMILES string of the molecule is CCC(NC(=O)CNc1ccc(C(=O)N(CC)c2ccccc2)cc1)c1ccccc1. The first kappa shape index (κ1) is 22.1. The number of carbonyl (C=O) groups excluding carboxylic acids is 2. The molecule has 31 heavy (non-hydrogen) atoms. The number of hydrogen-bond acceptors (Lipinski definition) is 3. The van der Waals surface area contributed by atoms with Crippen molar-refractivity contribution < 1.29 is 9.59 Å². The zero-order valence-electron chi connectivity index (χ0n) is 18.0. The zero-order valence-corrected chi connectivity index (χ0v) is 18.0. The van der Waals surface area contributed by atoms with Gasteiger partial charge in [0.1, 0.15) is 0 Å². The van der Waals surface area contributed by atoms with Gasteiger partial charge in [0.05, 0.1) is 12.6 Å². The summed E-state index contributed by atoms with van der Waals surface area (Å²) in [5, 5.41) is 6.19. The van der Waals surface area contributed by atoms with Crippen molar-refractivity contribution in [2.45, 2.75) is 26.3 Å². The van der Waals surface area contributed by atoms with E-state index in [9.17, 15) is 9.59 Å². The molecule has 0 saturated carbocycles. The summed E-state index contributed by atoms with van der Waals surface area (Å²) in [5.74, 6) is -0.122. The highest BCUT2D eigenvalue weighted by molar-refractivity contribution is 6.06. The lowest BCUT2D eigenvalue weighted by Crippen LogP contribution is -2.33. The molecular formula is C26H29N3O2. The van der Waals surface area contributed by atoms with Crippen LogP contribution >= 0.6 is 0 Å². The Bertz CT molecular complexity index is 973. The van der Waals surface area contributed by atoms with E-state index < -0.39 is 0 Å². The van der Waals surface area contributed by atoms with Crippen molar-refractivity contribution >= 4 is 23.2 Å². The molecule has 0 aliphatic heterocycles. The molecule has 0 bridgehead atoms. The molecule has 1 atom stereocenters. The second-order valence-electron chi connectivity index (χ2n) is 7.25. The number of carbonyl (C=O) groups is 2. The maximum absolute atomic E-state index is 12.9. The lowest BCUT2D eigenvalue weighted by molar-refractivity contribution is -0.120. The fourth-order valence-electron chi connectivity index (χ4n) is 3.47. The van der Waals surface area contributed by atoms with E-state index in [1.54, 1.807) is 17.0 Å². The molecule has 5 nitrogen and oxygen atoms in total. The molecule has 0 fully saturated rings. The Kier molecular flexibility index (Phi) is 7.82. The van der Waals surface area contributed by atoms with E-state index in [0.29, 0.717) is 12.1 Å². The predicted octanol–water partition coefficient (Wildman–Crippen LogP) is 5.03. The summed E-state index contributed by atoms with van der Waals surface area (Å²) in [4.78, 5) is 27.0. The molecule has 3 aromatic rings. The standard InChI is InChI=1S/C26H29N3O2/c1-3-24(20-11-7-5-8-12-20)28-25(30)19-27-22-17-15-21(16-18-22)26(31)29(4-2)23-13-9-6-10-14-23/h5-18,24,27H,3-4,19H2,1-2H3,(H,28,30).